The molecule has 22 heavy (non-hydrogen) atoms. The van der Waals surface area contributed by atoms with E-state index in [9.17, 15) is 9.90 Å². The Labute approximate surface area is 128 Å². The van der Waals surface area contributed by atoms with Crippen LogP contribution in [0.4, 0.5) is 10.5 Å². The molecular formula is C17H15N3O2. The zero-order valence-electron chi connectivity index (χ0n) is 12.0. The number of carbonyl (C=O) groups is 1. The number of phenolic OH excluding ortho intramolecular Hbond substituents is 1. The first-order valence-electron chi connectivity index (χ1n) is 6.81. The summed E-state index contributed by atoms with van der Waals surface area (Å²) in [5.74, 6) is 0.197. The SMILES string of the molecule is CN(C(=O)n1cnc(-c2ccc(O)cc2)c1)c1ccccc1. The Morgan fingerprint density at radius 2 is 1.77 bits per heavy atom. The lowest BCUT2D eigenvalue weighted by Gasteiger charge is -2.16. The molecule has 0 saturated heterocycles. The average Bonchev–Trinajstić information content (AvgIpc) is 3.05. The fourth-order valence-electron chi connectivity index (χ4n) is 2.14. The van der Waals surface area contributed by atoms with Gasteiger partial charge in [-0.2, -0.15) is 0 Å². The van der Waals surface area contributed by atoms with Crippen LogP contribution in [0.1, 0.15) is 0 Å². The predicted molar refractivity (Wildman–Crippen MR) is 85.0 cm³/mol. The lowest BCUT2D eigenvalue weighted by atomic mass is 10.2. The van der Waals surface area contributed by atoms with Crippen LogP contribution in [0.15, 0.2) is 67.1 Å². The Bertz CT molecular complexity index is 779. The number of imidazole rings is 1. The van der Waals surface area contributed by atoms with E-state index in [4.69, 9.17) is 0 Å². The number of para-hydroxylation sites is 1. The minimum atomic E-state index is -0.191. The van der Waals surface area contributed by atoms with Gasteiger partial charge < -0.3 is 5.11 Å². The summed E-state index contributed by atoms with van der Waals surface area (Å²) < 4.78 is 1.44. The number of benzene rings is 2. The van der Waals surface area contributed by atoms with Gasteiger partial charge in [0.2, 0.25) is 0 Å². The fourth-order valence-corrected chi connectivity index (χ4v) is 2.14. The van der Waals surface area contributed by atoms with Crippen LogP contribution in [0.3, 0.4) is 0 Å². The van der Waals surface area contributed by atoms with Crippen LogP contribution in [0.5, 0.6) is 5.75 Å². The van der Waals surface area contributed by atoms with Crippen molar-refractivity contribution in [2.75, 3.05) is 11.9 Å². The highest BCUT2D eigenvalue weighted by Gasteiger charge is 2.14. The Balaban J connectivity index is 1.84. The molecule has 1 heterocycles. The number of carbonyl (C=O) groups excluding carboxylic acids is 1. The lowest BCUT2D eigenvalue weighted by Crippen LogP contribution is -2.30. The number of hydrogen-bond acceptors (Lipinski definition) is 3. The van der Waals surface area contributed by atoms with Crippen LogP contribution >= 0.6 is 0 Å². The second-order valence-corrected chi connectivity index (χ2v) is 4.89. The molecule has 0 saturated carbocycles. The highest BCUT2D eigenvalue weighted by molar-refractivity contribution is 5.93. The van der Waals surface area contributed by atoms with Gasteiger partial charge in [0.15, 0.2) is 0 Å². The third-order valence-electron chi connectivity index (χ3n) is 3.40. The lowest BCUT2D eigenvalue weighted by molar-refractivity contribution is 0.249. The summed E-state index contributed by atoms with van der Waals surface area (Å²) in [6, 6.07) is 15.9. The minimum absolute atomic E-state index is 0.191. The highest BCUT2D eigenvalue weighted by atomic mass is 16.3. The number of aromatic nitrogens is 2. The van der Waals surface area contributed by atoms with Crippen molar-refractivity contribution in [3.8, 4) is 17.0 Å². The van der Waals surface area contributed by atoms with Crippen molar-refractivity contribution in [2.45, 2.75) is 0 Å². The number of rotatable bonds is 2. The summed E-state index contributed by atoms with van der Waals surface area (Å²) in [4.78, 5) is 18.3. The molecule has 1 N–H and O–H groups in total. The highest BCUT2D eigenvalue weighted by Crippen LogP contribution is 2.20. The fraction of sp³-hybridized carbons (Fsp3) is 0.0588. The molecule has 0 unspecified atom stereocenters. The first-order valence-corrected chi connectivity index (χ1v) is 6.81. The molecule has 1 aromatic heterocycles. The number of phenols is 1. The van der Waals surface area contributed by atoms with E-state index >= 15 is 0 Å². The second-order valence-electron chi connectivity index (χ2n) is 4.89. The minimum Gasteiger partial charge on any atom is -0.508 e. The number of amides is 1. The van der Waals surface area contributed by atoms with Crippen molar-refractivity contribution >= 4 is 11.7 Å². The van der Waals surface area contributed by atoms with E-state index in [-0.39, 0.29) is 11.8 Å². The van der Waals surface area contributed by atoms with Gasteiger partial charge in [-0.15, -0.1) is 0 Å². The summed E-state index contributed by atoms with van der Waals surface area (Å²) in [5, 5.41) is 9.31. The molecule has 2 aromatic carbocycles. The number of anilines is 1. The molecule has 0 spiro atoms. The molecule has 1 amide bonds. The van der Waals surface area contributed by atoms with Gasteiger partial charge in [0.05, 0.1) is 5.69 Å². The van der Waals surface area contributed by atoms with Crippen molar-refractivity contribution in [2.24, 2.45) is 0 Å². The monoisotopic (exact) mass is 293 g/mol. The first-order chi connectivity index (χ1) is 10.6. The molecule has 5 nitrogen and oxygen atoms in total. The van der Waals surface area contributed by atoms with Gasteiger partial charge >= 0.3 is 6.03 Å². The molecule has 3 rings (SSSR count). The summed E-state index contributed by atoms with van der Waals surface area (Å²) in [7, 11) is 1.72. The molecule has 0 atom stereocenters. The largest absolute Gasteiger partial charge is 0.508 e. The molecule has 0 fully saturated rings. The van der Waals surface area contributed by atoms with Gasteiger partial charge in [-0.05, 0) is 36.4 Å². The zero-order chi connectivity index (χ0) is 15.5. The van der Waals surface area contributed by atoms with Crippen LogP contribution in [0.2, 0.25) is 0 Å². The van der Waals surface area contributed by atoms with Crippen molar-refractivity contribution in [1.29, 1.82) is 0 Å². The van der Waals surface area contributed by atoms with Crippen LogP contribution in [0, 0.1) is 0 Å². The van der Waals surface area contributed by atoms with E-state index in [1.54, 1.807) is 42.4 Å². The normalized spacial score (nSPS) is 10.4. The molecule has 3 aromatic rings. The van der Waals surface area contributed by atoms with E-state index in [1.807, 2.05) is 30.3 Å². The third kappa shape index (κ3) is 2.69. The summed E-state index contributed by atoms with van der Waals surface area (Å²) in [6.45, 7) is 0. The van der Waals surface area contributed by atoms with E-state index in [0.717, 1.165) is 11.3 Å². The maximum atomic E-state index is 12.5. The predicted octanol–water partition coefficient (Wildman–Crippen LogP) is 3.36. The maximum absolute atomic E-state index is 12.5. The molecule has 0 aliphatic rings. The summed E-state index contributed by atoms with van der Waals surface area (Å²) in [6.07, 6.45) is 3.16. The smallest absolute Gasteiger partial charge is 0.333 e. The van der Waals surface area contributed by atoms with Gasteiger partial charge in [-0.1, -0.05) is 18.2 Å². The van der Waals surface area contributed by atoms with Gasteiger partial charge in [-0.3, -0.25) is 9.47 Å². The Morgan fingerprint density at radius 1 is 1.09 bits per heavy atom. The van der Waals surface area contributed by atoms with Gasteiger partial charge in [0, 0.05) is 24.5 Å². The van der Waals surface area contributed by atoms with Crippen molar-refractivity contribution in [3.05, 3.63) is 67.1 Å². The molecule has 0 aliphatic heterocycles. The molecule has 0 aliphatic carbocycles. The van der Waals surface area contributed by atoms with Crippen LogP contribution in [-0.4, -0.2) is 27.7 Å². The molecule has 110 valence electrons. The van der Waals surface area contributed by atoms with Crippen molar-refractivity contribution in [1.82, 2.24) is 9.55 Å². The van der Waals surface area contributed by atoms with Crippen LogP contribution in [-0.2, 0) is 0 Å². The third-order valence-corrected chi connectivity index (χ3v) is 3.40. The number of nitrogens with zero attached hydrogens (tertiary/aromatic N) is 3. The van der Waals surface area contributed by atoms with E-state index in [1.165, 1.54) is 10.9 Å². The van der Waals surface area contributed by atoms with E-state index in [0.29, 0.717) is 5.69 Å². The molecule has 5 heteroatoms. The Hall–Kier alpha value is -3.08. The average molecular weight is 293 g/mol. The summed E-state index contributed by atoms with van der Waals surface area (Å²) in [5.41, 5.74) is 2.33. The molecule has 0 bridgehead atoms. The van der Waals surface area contributed by atoms with E-state index < -0.39 is 0 Å². The first kappa shape index (κ1) is 13.9. The van der Waals surface area contributed by atoms with Gasteiger partial charge in [0.25, 0.3) is 0 Å². The van der Waals surface area contributed by atoms with Crippen LogP contribution in [0.25, 0.3) is 11.3 Å². The second kappa shape index (κ2) is 5.73. The Kier molecular flexibility index (Phi) is 3.62. The van der Waals surface area contributed by atoms with Crippen LogP contribution < -0.4 is 4.90 Å². The van der Waals surface area contributed by atoms with Gasteiger partial charge in [-0.25, -0.2) is 9.78 Å². The molecular weight excluding hydrogens is 278 g/mol. The van der Waals surface area contributed by atoms with Gasteiger partial charge in [0.1, 0.15) is 12.1 Å². The Morgan fingerprint density at radius 3 is 2.45 bits per heavy atom. The topological polar surface area (TPSA) is 58.4 Å². The molecule has 0 radical (unpaired) electrons. The quantitative estimate of drug-likeness (QED) is 0.788. The number of aromatic hydroxyl groups is 1. The standard InChI is InChI=1S/C17H15N3O2/c1-19(14-5-3-2-4-6-14)17(22)20-11-16(18-12-20)13-7-9-15(21)10-8-13/h2-12,21H,1H3. The maximum Gasteiger partial charge on any atom is 0.333 e. The van der Waals surface area contributed by atoms with Crippen molar-refractivity contribution in [3.63, 3.8) is 0 Å². The zero-order valence-corrected chi connectivity index (χ0v) is 12.0. The van der Waals surface area contributed by atoms with Crippen molar-refractivity contribution < 1.29 is 9.90 Å². The van der Waals surface area contributed by atoms with E-state index in [2.05, 4.69) is 4.98 Å². The number of hydrogen-bond donors (Lipinski definition) is 1. The summed E-state index contributed by atoms with van der Waals surface area (Å²) >= 11 is 0.